The summed E-state index contributed by atoms with van der Waals surface area (Å²) in [5.74, 6) is 0.765. The summed E-state index contributed by atoms with van der Waals surface area (Å²) in [5.41, 5.74) is 1.15. The van der Waals surface area contributed by atoms with Gasteiger partial charge >= 0.3 is 6.18 Å². The van der Waals surface area contributed by atoms with Crippen molar-refractivity contribution in [1.82, 2.24) is 14.8 Å². The molecule has 1 atom stereocenters. The van der Waals surface area contributed by atoms with Gasteiger partial charge in [0.2, 0.25) is 0 Å². The van der Waals surface area contributed by atoms with Crippen molar-refractivity contribution in [3.63, 3.8) is 0 Å². The predicted octanol–water partition coefficient (Wildman–Crippen LogP) is 4.98. The highest BCUT2D eigenvalue weighted by Gasteiger charge is 2.37. The minimum Gasteiger partial charge on any atom is -0.350 e. The molecule has 3 heterocycles. The van der Waals surface area contributed by atoms with Gasteiger partial charge in [-0.1, -0.05) is 6.07 Å². The maximum absolute atomic E-state index is 13.1. The van der Waals surface area contributed by atoms with E-state index in [9.17, 15) is 13.2 Å². The van der Waals surface area contributed by atoms with Crippen LogP contribution in [0.1, 0.15) is 38.1 Å². The molecule has 5 nitrogen and oxygen atoms in total. The minimum atomic E-state index is -4.39. The smallest absolute Gasteiger partial charge is 0.350 e. The molecule has 0 saturated carbocycles. The number of hydrogen-bond acceptors (Lipinski definition) is 3. The van der Waals surface area contributed by atoms with Crippen LogP contribution < -0.4 is 4.90 Å². The first-order chi connectivity index (χ1) is 12.6. The number of hydrogen-bond donors (Lipinski definition) is 1. The van der Waals surface area contributed by atoms with Gasteiger partial charge in [-0.25, -0.2) is 4.99 Å². The molecule has 0 amide bonds. The quantitative estimate of drug-likeness (QED) is 0.652. The van der Waals surface area contributed by atoms with E-state index < -0.39 is 11.7 Å². The average molecular weight is 375 g/mol. The first-order valence-electron chi connectivity index (χ1n) is 8.62. The van der Waals surface area contributed by atoms with Crippen LogP contribution in [-0.4, -0.2) is 26.5 Å². The molecule has 8 heteroatoms. The van der Waals surface area contributed by atoms with Gasteiger partial charge in [-0.2, -0.15) is 18.3 Å². The van der Waals surface area contributed by atoms with Gasteiger partial charge < -0.3 is 9.88 Å². The molecule has 3 aromatic rings. The number of nitrogens with zero attached hydrogens (tertiary/aromatic N) is 4. The molecule has 1 N–H and O–H groups in total. The molecular formula is C19H20F3N5. The monoisotopic (exact) mass is 375 g/mol. The summed E-state index contributed by atoms with van der Waals surface area (Å²) >= 11 is 0. The highest BCUT2D eigenvalue weighted by atomic mass is 19.4. The highest BCUT2D eigenvalue weighted by Crippen LogP contribution is 2.43. The maximum atomic E-state index is 13.1. The summed E-state index contributed by atoms with van der Waals surface area (Å²) in [6.07, 6.45) is -0.763. The summed E-state index contributed by atoms with van der Waals surface area (Å²) < 4.78 is 40.8. The highest BCUT2D eigenvalue weighted by molar-refractivity contribution is 5.91. The number of benzene rings is 1. The van der Waals surface area contributed by atoms with Crippen LogP contribution >= 0.6 is 0 Å². The first-order valence-corrected chi connectivity index (χ1v) is 8.62. The Morgan fingerprint density at radius 3 is 2.52 bits per heavy atom. The second-order valence-corrected chi connectivity index (χ2v) is 7.71. The maximum Gasteiger partial charge on any atom is 0.416 e. The Hall–Kier alpha value is -2.77. The number of fused-ring (bicyclic) bond motifs is 2. The van der Waals surface area contributed by atoms with Crippen LogP contribution in [0.5, 0.6) is 0 Å². The second-order valence-electron chi connectivity index (χ2n) is 7.71. The summed E-state index contributed by atoms with van der Waals surface area (Å²) in [7, 11) is 1.66. The molecule has 0 fully saturated rings. The van der Waals surface area contributed by atoms with E-state index in [4.69, 9.17) is 0 Å². The summed E-state index contributed by atoms with van der Waals surface area (Å²) in [6, 6.07) is 5.43. The molecule has 0 bridgehead atoms. The van der Waals surface area contributed by atoms with Crippen LogP contribution in [-0.2, 0) is 13.2 Å². The standard InChI is InChI=1S/C19H20F3N5/c1-18(2,3)27-13-7-8-23-17(13)24-10-15(27)16-12-6-5-11(19(20,21)22)9-14(12)26(4)25-16/h5-10,15,23H,1-4H3. The van der Waals surface area contributed by atoms with Crippen molar-refractivity contribution in [2.75, 3.05) is 4.90 Å². The topological polar surface area (TPSA) is 49.2 Å². The third-order valence-corrected chi connectivity index (χ3v) is 4.80. The third kappa shape index (κ3) is 2.79. The summed E-state index contributed by atoms with van der Waals surface area (Å²) in [5, 5.41) is 5.25. The zero-order chi connectivity index (χ0) is 19.6. The van der Waals surface area contributed by atoms with Crippen molar-refractivity contribution >= 4 is 28.6 Å². The Labute approximate surface area is 154 Å². The van der Waals surface area contributed by atoms with Gasteiger partial charge in [-0.15, -0.1) is 0 Å². The van der Waals surface area contributed by atoms with Crippen LogP contribution in [0.2, 0.25) is 0 Å². The third-order valence-electron chi connectivity index (χ3n) is 4.80. The first kappa shape index (κ1) is 17.6. The fourth-order valence-corrected chi connectivity index (χ4v) is 3.66. The van der Waals surface area contributed by atoms with Crippen LogP contribution in [0, 0.1) is 0 Å². The molecule has 2 aromatic heterocycles. The van der Waals surface area contributed by atoms with Crippen LogP contribution in [0.3, 0.4) is 0 Å². The fourth-order valence-electron chi connectivity index (χ4n) is 3.66. The Bertz CT molecular complexity index is 1040. The van der Waals surface area contributed by atoms with E-state index in [0.29, 0.717) is 16.6 Å². The number of halogens is 3. The van der Waals surface area contributed by atoms with Crippen molar-refractivity contribution in [3.05, 3.63) is 41.7 Å². The Morgan fingerprint density at radius 2 is 1.85 bits per heavy atom. The lowest BCUT2D eigenvalue weighted by atomic mass is 9.97. The van der Waals surface area contributed by atoms with E-state index in [2.05, 4.69) is 40.7 Å². The van der Waals surface area contributed by atoms with E-state index in [1.54, 1.807) is 13.3 Å². The zero-order valence-electron chi connectivity index (χ0n) is 15.5. The van der Waals surface area contributed by atoms with Gasteiger partial charge in [-0.3, -0.25) is 4.68 Å². The lowest BCUT2D eigenvalue weighted by Gasteiger charge is -2.42. The zero-order valence-corrected chi connectivity index (χ0v) is 15.5. The van der Waals surface area contributed by atoms with Crippen molar-refractivity contribution in [2.24, 2.45) is 12.0 Å². The number of aromatic amines is 1. The van der Waals surface area contributed by atoms with Crippen molar-refractivity contribution in [1.29, 1.82) is 0 Å². The summed E-state index contributed by atoms with van der Waals surface area (Å²) in [4.78, 5) is 9.79. The van der Waals surface area contributed by atoms with Crippen LogP contribution in [0.25, 0.3) is 10.9 Å². The van der Waals surface area contributed by atoms with E-state index in [1.807, 2.05) is 12.3 Å². The molecule has 0 spiro atoms. The van der Waals surface area contributed by atoms with Gasteiger partial charge in [0.1, 0.15) is 6.04 Å². The minimum absolute atomic E-state index is 0.246. The Balaban J connectivity index is 1.89. The number of H-pyrrole nitrogens is 1. The Morgan fingerprint density at radius 1 is 1.11 bits per heavy atom. The molecule has 4 rings (SSSR count). The number of aliphatic imine (C=N–C) groups is 1. The molecule has 1 aliphatic heterocycles. The number of nitrogens with one attached hydrogen (secondary N) is 1. The summed E-state index contributed by atoms with van der Waals surface area (Å²) in [6.45, 7) is 6.26. The van der Waals surface area contributed by atoms with E-state index in [-0.39, 0.29) is 11.6 Å². The number of anilines is 1. The van der Waals surface area contributed by atoms with Crippen molar-refractivity contribution < 1.29 is 13.2 Å². The van der Waals surface area contributed by atoms with Gasteiger partial charge in [0, 0.05) is 30.4 Å². The normalized spacial score (nSPS) is 17.6. The molecule has 0 saturated heterocycles. The van der Waals surface area contributed by atoms with Gasteiger partial charge in [0.15, 0.2) is 5.82 Å². The number of aryl methyl sites for hydroxylation is 1. The average Bonchev–Trinajstić information content (AvgIpc) is 3.16. The lowest BCUT2D eigenvalue weighted by molar-refractivity contribution is -0.137. The van der Waals surface area contributed by atoms with Crippen molar-refractivity contribution in [2.45, 2.75) is 38.5 Å². The number of rotatable bonds is 1. The SMILES string of the molecule is Cn1nc(C2C=Nc3[nH]ccc3N2C(C)(C)C)c2ccc(C(F)(F)F)cc21. The van der Waals surface area contributed by atoms with Crippen molar-refractivity contribution in [3.8, 4) is 0 Å². The molecule has 27 heavy (non-hydrogen) atoms. The fraction of sp³-hybridized carbons (Fsp3) is 0.368. The lowest BCUT2D eigenvalue weighted by Crippen LogP contribution is -2.45. The van der Waals surface area contributed by atoms with Gasteiger partial charge in [-0.05, 0) is 39.0 Å². The Kier molecular flexibility index (Phi) is 3.66. The number of alkyl halides is 3. The molecule has 1 aliphatic rings. The van der Waals surface area contributed by atoms with E-state index >= 15 is 0 Å². The molecule has 1 unspecified atom stereocenters. The molecular weight excluding hydrogens is 355 g/mol. The second kappa shape index (κ2) is 5.61. The number of aromatic nitrogens is 3. The predicted molar refractivity (Wildman–Crippen MR) is 99.6 cm³/mol. The van der Waals surface area contributed by atoms with Crippen LogP contribution in [0.15, 0.2) is 35.5 Å². The van der Waals surface area contributed by atoms with E-state index in [1.165, 1.54) is 10.7 Å². The molecule has 0 radical (unpaired) electrons. The largest absolute Gasteiger partial charge is 0.416 e. The molecule has 1 aromatic carbocycles. The van der Waals surface area contributed by atoms with E-state index in [0.717, 1.165) is 23.6 Å². The van der Waals surface area contributed by atoms with Crippen LogP contribution in [0.4, 0.5) is 24.7 Å². The molecule has 0 aliphatic carbocycles. The van der Waals surface area contributed by atoms with Gasteiger partial charge in [0.05, 0.1) is 22.5 Å². The van der Waals surface area contributed by atoms with Gasteiger partial charge in [0.25, 0.3) is 0 Å². The molecule has 142 valence electrons.